The summed E-state index contributed by atoms with van der Waals surface area (Å²) in [6, 6.07) is 19.2. The summed E-state index contributed by atoms with van der Waals surface area (Å²) in [5.74, 6) is -0.627. The molecule has 0 aliphatic carbocycles. The van der Waals surface area contributed by atoms with E-state index in [4.69, 9.17) is 4.74 Å². The molecule has 27 heavy (non-hydrogen) atoms. The predicted octanol–water partition coefficient (Wildman–Crippen LogP) is 4.33. The number of rotatable bonds is 5. The maximum atomic E-state index is 13.7. The van der Waals surface area contributed by atoms with Crippen LogP contribution in [0, 0.1) is 11.8 Å². The van der Waals surface area contributed by atoms with Crippen LogP contribution in [0.15, 0.2) is 60.7 Å². The highest BCUT2D eigenvalue weighted by Crippen LogP contribution is 2.41. The Hall–Kier alpha value is -2.17. The average molecular weight is 367 g/mol. The Balaban J connectivity index is 1.96. The molecular formula is C23H29NO3. The summed E-state index contributed by atoms with van der Waals surface area (Å²) in [4.78, 5) is 15.5. The summed E-state index contributed by atoms with van der Waals surface area (Å²) in [5, 5.41) is 11.0. The summed E-state index contributed by atoms with van der Waals surface area (Å²) in [5.41, 5.74) is 1.09. The second-order valence-corrected chi connectivity index (χ2v) is 8.02. The first kappa shape index (κ1) is 19.6. The summed E-state index contributed by atoms with van der Waals surface area (Å²) in [6.07, 6.45) is -0.855. The van der Waals surface area contributed by atoms with Gasteiger partial charge in [0, 0.05) is 0 Å². The van der Waals surface area contributed by atoms with Gasteiger partial charge in [-0.1, -0.05) is 74.5 Å². The molecule has 1 fully saturated rings. The van der Waals surface area contributed by atoms with Crippen LogP contribution < -0.4 is 0 Å². The smallest absolute Gasteiger partial charge is 0.231 e. The van der Waals surface area contributed by atoms with E-state index in [1.165, 1.54) is 0 Å². The Bertz CT molecular complexity index is 758. The van der Waals surface area contributed by atoms with Crippen LogP contribution in [0.5, 0.6) is 0 Å². The quantitative estimate of drug-likeness (QED) is 0.856. The standard InChI is InChI=1S/C23H29NO3/c1-16(2)20(21(25)18-13-9-6-10-14-18)22(26)24-19(15-27-23(24,3)4)17-11-7-5-8-12-17/h5-14,16,19-21,25H,15H2,1-4H3. The minimum atomic E-state index is -0.855. The molecule has 144 valence electrons. The monoisotopic (exact) mass is 367 g/mol. The van der Waals surface area contributed by atoms with Gasteiger partial charge < -0.3 is 14.7 Å². The van der Waals surface area contributed by atoms with Crippen LogP contribution >= 0.6 is 0 Å². The first-order valence-electron chi connectivity index (χ1n) is 9.58. The molecule has 1 heterocycles. The number of hydrogen-bond donors (Lipinski definition) is 1. The molecule has 0 bridgehead atoms. The second kappa shape index (κ2) is 7.83. The maximum Gasteiger partial charge on any atom is 0.231 e. The van der Waals surface area contributed by atoms with E-state index >= 15 is 0 Å². The van der Waals surface area contributed by atoms with Crippen LogP contribution in [-0.2, 0) is 9.53 Å². The van der Waals surface area contributed by atoms with Crippen molar-refractivity contribution in [1.82, 2.24) is 4.90 Å². The zero-order valence-electron chi connectivity index (χ0n) is 16.5. The fraction of sp³-hybridized carbons (Fsp3) is 0.435. The summed E-state index contributed by atoms with van der Waals surface area (Å²) in [7, 11) is 0. The lowest BCUT2D eigenvalue weighted by Crippen LogP contribution is -2.49. The number of aliphatic hydroxyl groups excluding tert-OH is 1. The van der Waals surface area contributed by atoms with Crippen molar-refractivity contribution >= 4 is 5.91 Å². The molecule has 1 saturated heterocycles. The van der Waals surface area contributed by atoms with Gasteiger partial charge in [0.05, 0.1) is 24.7 Å². The summed E-state index contributed by atoms with van der Waals surface area (Å²) < 4.78 is 5.98. The molecule has 2 aromatic rings. The minimum absolute atomic E-state index is 0.0134. The van der Waals surface area contributed by atoms with E-state index in [1.54, 1.807) is 0 Å². The van der Waals surface area contributed by atoms with Gasteiger partial charge in [0.15, 0.2) is 0 Å². The van der Waals surface area contributed by atoms with Crippen molar-refractivity contribution in [3.8, 4) is 0 Å². The number of benzene rings is 2. The molecule has 0 spiro atoms. The molecule has 0 radical (unpaired) electrons. The summed E-state index contributed by atoms with van der Waals surface area (Å²) in [6.45, 7) is 8.25. The van der Waals surface area contributed by atoms with Gasteiger partial charge >= 0.3 is 0 Å². The molecule has 0 saturated carbocycles. The molecule has 0 aromatic heterocycles. The number of carbonyl (C=O) groups is 1. The van der Waals surface area contributed by atoms with Gasteiger partial charge in [-0.05, 0) is 30.9 Å². The van der Waals surface area contributed by atoms with Crippen molar-refractivity contribution < 1.29 is 14.6 Å². The lowest BCUT2D eigenvalue weighted by atomic mass is 9.84. The molecule has 1 amide bonds. The van der Waals surface area contributed by atoms with Crippen molar-refractivity contribution in [2.45, 2.75) is 45.6 Å². The van der Waals surface area contributed by atoms with Gasteiger partial charge in [-0.3, -0.25) is 4.79 Å². The van der Waals surface area contributed by atoms with Crippen LogP contribution in [0.3, 0.4) is 0 Å². The number of amides is 1. The van der Waals surface area contributed by atoms with Gasteiger partial charge in [-0.25, -0.2) is 0 Å². The third kappa shape index (κ3) is 3.92. The fourth-order valence-electron chi connectivity index (χ4n) is 3.94. The van der Waals surface area contributed by atoms with Gasteiger partial charge in [0.25, 0.3) is 0 Å². The zero-order chi connectivity index (χ0) is 19.6. The van der Waals surface area contributed by atoms with Crippen molar-refractivity contribution in [3.63, 3.8) is 0 Å². The Kier molecular flexibility index (Phi) is 5.68. The molecule has 3 atom stereocenters. The van der Waals surface area contributed by atoms with E-state index in [-0.39, 0.29) is 17.9 Å². The highest BCUT2D eigenvalue weighted by molar-refractivity contribution is 5.81. The lowest BCUT2D eigenvalue weighted by molar-refractivity contribution is -0.156. The lowest BCUT2D eigenvalue weighted by Gasteiger charge is -2.38. The highest BCUT2D eigenvalue weighted by Gasteiger charge is 2.48. The van der Waals surface area contributed by atoms with Crippen molar-refractivity contribution in [1.29, 1.82) is 0 Å². The summed E-state index contributed by atoms with van der Waals surface area (Å²) >= 11 is 0. The van der Waals surface area contributed by atoms with Crippen LogP contribution in [0.25, 0.3) is 0 Å². The number of ether oxygens (including phenoxy) is 1. The SMILES string of the molecule is CC(C)C(C(=O)N1C(c2ccccc2)COC1(C)C)C(O)c1ccccc1. The molecule has 3 rings (SSSR count). The molecule has 1 aliphatic heterocycles. The number of nitrogens with zero attached hydrogens (tertiary/aromatic N) is 1. The third-order valence-corrected chi connectivity index (χ3v) is 5.39. The normalized spacial score (nSPS) is 21.3. The Labute approximate surface area is 161 Å². The molecule has 4 nitrogen and oxygen atoms in total. The van der Waals surface area contributed by atoms with Crippen LogP contribution in [0.1, 0.15) is 51.0 Å². The minimum Gasteiger partial charge on any atom is -0.388 e. The predicted molar refractivity (Wildman–Crippen MR) is 106 cm³/mol. The van der Waals surface area contributed by atoms with Gasteiger partial charge in [0.1, 0.15) is 5.72 Å². The van der Waals surface area contributed by atoms with Crippen molar-refractivity contribution in [2.24, 2.45) is 11.8 Å². The van der Waals surface area contributed by atoms with Gasteiger partial charge in [-0.2, -0.15) is 0 Å². The van der Waals surface area contributed by atoms with Crippen LogP contribution in [0.2, 0.25) is 0 Å². The molecule has 2 aromatic carbocycles. The highest BCUT2D eigenvalue weighted by atomic mass is 16.5. The number of hydrogen-bond acceptors (Lipinski definition) is 3. The number of carbonyl (C=O) groups excluding carboxylic acids is 1. The van der Waals surface area contributed by atoms with Gasteiger partial charge in [-0.15, -0.1) is 0 Å². The number of aliphatic hydroxyl groups is 1. The third-order valence-electron chi connectivity index (χ3n) is 5.39. The molecule has 1 aliphatic rings. The second-order valence-electron chi connectivity index (χ2n) is 8.02. The Morgan fingerprint density at radius 1 is 1.07 bits per heavy atom. The Morgan fingerprint density at radius 3 is 2.19 bits per heavy atom. The van der Waals surface area contributed by atoms with Crippen molar-refractivity contribution in [2.75, 3.05) is 6.61 Å². The fourth-order valence-corrected chi connectivity index (χ4v) is 3.94. The van der Waals surface area contributed by atoms with E-state index in [2.05, 4.69) is 0 Å². The Morgan fingerprint density at radius 2 is 1.63 bits per heavy atom. The molecular weight excluding hydrogens is 338 g/mol. The van der Waals surface area contributed by atoms with E-state index < -0.39 is 17.7 Å². The van der Waals surface area contributed by atoms with E-state index in [1.807, 2.05) is 93.3 Å². The first-order valence-corrected chi connectivity index (χ1v) is 9.58. The molecule has 1 N–H and O–H groups in total. The van der Waals surface area contributed by atoms with Crippen LogP contribution in [-0.4, -0.2) is 28.2 Å². The van der Waals surface area contributed by atoms with E-state index in [9.17, 15) is 9.90 Å². The van der Waals surface area contributed by atoms with Crippen LogP contribution in [0.4, 0.5) is 0 Å². The maximum absolute atomic E-state index is 13.7. The topological polar surface area (TPSA) is 49.8 Å². The van der Waals surface area contributed by atoms with E-state index in [0.717, 1.165) is 11.1 Å². The first-order chi connectivity index (χ1) is 12.8. The van der Waals surface area contributed by atoms with Crippen molar-refractivity contribution in [3.05, 3.63) is 71.8 Å². The molecule has 4 heteroatoms. The van der Waals surface area contributed by atoms with E-state index in [0.29, 0.717) is 6.61 Å². The average Bonchev–Trinajstić information content (AvgIpc) is 2.98. The molecule has 3 unspecified atom stereocenters. The zero-order valence-corrected chi connectivity index (χ0v) is 16.5. The largest absolute Gasteiger partial charge is 0.388 e. The van der Waals surface area contributed by atoms with Gasteiger partial charge in [0.2, 0.25) is 5.91 Å².